The Morgan fingerprint density at radius 2 is 2.20 bits per heavy atom. The van der Waals surface area contributed by atoms with Crippen molar-refractivity contribution in [2.45, 2.75) is 25.8 Å². The van der Waals surface area contributed by atoms with Crippen molar-refractivity contribution in [2.75, 3.05) is 38.2 Å². The van der Waals surface area contributed by atoms with Crippen molar-refractivity contribution in [3.05, 3.63) is 0 Å². The van der Waals surface area contributed by atoms with E-state index in [0.717, 1.165) is 26.1 Å². The van der Waals surface area contributed by atoms with Gasteiger partial charge in [-0.3, -0.25) is 0 Å². The number of likely N-dealkylation sites (N-methyl/N-ethyl adjacent to an activating group) is 1. The van der Waals surface area contributed by atoms with Crippen molar-refractivity contribution in [1.82, 2.24) is 10.2 Å². The Morgan fingerprint density at radius 3 is 2.73 bits per heavy atom. The molecule has 1 aliphatic rings. The van der Waals surface area contributed by atoms with Crippen LogP contribution in [0.5, 0.6) is 0 Å². The maximum absolute atomic E-state index is 11.3. The Bertz CT molecular complexity index is 271. The molecule has 90 valence electrons. The zero-order chi connectivity index (χ0) is 11.3. The van der Waals surface area contributed by atoms with E-state index in [4.69, 9.17) is 0 Å². The van der Waals surface area contributed by atoms with Crippen molar-refractivity contribution >= 4 is 9.84 Å². The zero-order valence-electron chi connectivity index (χ0n) is 9.70. The summed E-state index contributed by atoms with van der Waals surface area (Å²) in [5, 5.41) is 3.31. The van der Waals surface area contributed by atoms with Crippen LogP contribution in [0.2, 0.25) is 0 Å². The van der Waals surface area contributed by atoms with E-state index in [2.05, 4.69) is 17.3 Å². The lowest BCUT2D eigenvalue weighted by Crippen LogP contribution is -2.34. The molecule has 1 fully saturated rings. The SMILES string of the molecule is CCS(=O)(=O)CCCN(C)C1CCNC1. The lowest BCUT2D eigenvalue weighted by molar-refractivity contribution is 0.258. The first-order valence-corrected chi connectivity index (χ1v) is 7.48. The third kappa shape index (κ3) is 4.49. The van der Waals surface area contributed by atoms with Gasteiger partial charge in [0.15, 0.2) is 0 Å². The van der Waals surface area contributed by atoms with Crippen molar-refractivity contribution in [1.29, 1.82) is 0 Å². The third-order valence-corrected chi connectivity index (χ3v) is 4.85. The standard InChI is InChI=1S/C10H22N2O2S/c1-3-15(13,14)8-4-7-12(2)10-5-6-11-9-10/h10-11H,3-9H2,1-2H3. The van der Waals surface area contributed by atoms with Crippen LogP contribution < -0.4 is 5.32 Å². The van der Waals surface area contributed by atoms with Crippen LogP contribution in [0, 0.1) is 0 Å². The van der Waals surface area contributed by atoms with Crippen LogP contribution in [0.25, 0.3) is 0 Å². The molecule has 1 rings (SSSR count). The molecule has 1 N–H and O–H groups in total. The van der Waals surface area contributed by atoms with E-state index in [-0.39, 0.29) is 5.75 Å². The summed E-state index contributed by atoms with van der Waals surface area (Å²) >= 11 is 0. The predicted octanol–water partition coefficient (Wildman–Crippen LogP) is 0.105. The molecule has 0 aliphatic carbocycles. The van der Waals surface area contributed by atoms with Gasteiger partial charge in [-0.25, -0.2) is 8.42 Å². The van der Waals surface area contributed by atoms with Crippen LogP contribution in [0.1, 0.15) is 19.8 Å². The summed E-state index contributed by atoms with van der Waals surface area (Å²) in [5.41, 5.74) is 0. The van der Waals surface area contributed by atoms with Gasteiger partial charge in [-0.2, -0.15) is 0 Å². The molecule has 1 saturated heterocycles. The number of nitrogens with zero attached hydrogens (tertiary/aromatic N) is 1. The molecule has 0 aromatic heterocycles. The molecular weight excluding hydrogens is 212 g/mol. The first kappa shape index (κ1) is 12.9. The molecule has 0 aromatic carbocycles. The monoisotopic (exact) mass is 234 g/mol. The molecule has 0 saturated carbocycles. The molecule has 0 aromatic rings. The molecule has 5 heteroatoms. The van der Waals surface area contributed by atoms with Crippen molar-refractivity contribution in [3.8, 4) is 0 Å². The van der Waals surface area contributed by atoms with Gasteiger partial charge < -0.3 is 10.2 Å². The second-order valence-corrected chi connectivity index (χ2v) is 6.69. The minimum absolute atomic E-state index is 0.266. The van der Waals surface area contributed by atoms with Crippen LogP contribution >= 0.6 is 0 Å². The summed E-state index contributed by atoms with van der Waals surface area (Å²) in [4.78, 5) is 2.27. The lowest BCUT2D eigenvalue weighted by Gasteiger charge is -2.23. The van der Waals surface area contributed by atoms with Crippen molar-refractivity contribution < 1.29 is 8.42 Å². The van der Waals surface area contributed by atoms with Gasteiger partial charge >= 0.3 is 0 Å². The van der Waals surface area contributed by atoms with Gasteiger partial charge in [0.25, 0.3) is 0 Å². The third-order valence-electron chi connectivity index (χ3n) is 3.06. The fourth-order valence-electron chi connectivity index (χ4n) is 1.88. The molecule has 15 heavy (non-hydrogen) atoms. The van der Waals surface area contributed by atoms with E-state index in [1.807, 2.05) is 0 Å². The van der Waals surface area contributed by atoms with E-state index < -0.39 is 9.84 Å². The molecule has 1 atom stereocenters. The van der Waals surface area contributed by atoms with E-state index in [0.29, 0.717) is 11.8 Å². The largest absolute Gasteiger partial charge is 0.315 e. The number of sulfone groups is 1. The first-order valence-electron chi connectivity index (χ1n) is 5.66. The maximum atomic E-state index is 11.3. The summed E-state index contributed by atoms with van der Waals surface area (Å²) < 4.78 is 22.5. The highest BCUT2D eigenvalue weighted by atomic mass is 32.2. The average Bonchev–Trinajstić information content (AvgIpc) is 2.70. The van der Waals surface area contributed by atoms with E-state index in [1.54, 1.807) is 6.92 Å². The highest BCUT2D eigenvalue weighted by Gasteiger charge is 2.19. The summed E-state index contributed by atoms with van der Waals surface area (Å²) in [6, 6.07) is 0.592. The number of nitrogens with one attached hydrogen (secondary N) is 1. The molecule has 1 aliphatic heterocycles. The van der Waals surface area contributed by atoms with Crippen LogP contribution in [0.15, 0.2) is 0 Å². The molecule has 0 amide bonds. The Labute approximate surface area is 93.0 Å². The second kappa shape index (κ2) is 5.82. The van der Waals surface area contributed by atoms with Gasteiger partial charge in [-0.15, -0.1) is 0 Å². The Morgan fingerprint density at radius 1 is 1.47 bits per heavy atom. The molecule has 0 bridgehead atoms. The van der Waals surface area contributed by atoms with Gasteiger partial charge in [-0.1, -0.05) is 6.92 Å². The lowest BCUT2D eigenvalue weighted by atomic mass is 10.2. The molecule has 1 heterocycles. The van der Waals surface area contributed by atoms with Crippen LogP contribution in [0.3, 0.4) is 0 Å². The van der Waals surface area contributed by atoms with Crippen LogP contribution in [0.4, 0.5) is 0 Å². The molecule has 0 radical (unpaired) electrons. The number of hydrogen-bond acceptors (Lipinski definition) is 4. The fourth-order valence-corrected chi connectivity index (χ4v) is 2.73. The van der Waals surface area contributed by atoms with Gasteiger partial charge in [0.05, 0.1) is 5.75 Å². The molecule has 0 spiro atoms. The smallest absolute Gasteiger partial charge is 0.150 e. The summed E-state index contributed by atoms with van der Waals surface area (Å²) in [6.45, 7) is 4.71. The van der Waals surface area contributed by atoms with Gasteiger partial charge in [-0.05, 0) is 33.0 Å². The summed E-state index contributed by atoms with van der Waals surface area (Å²) in [6.07, 6.45) is 1.93. The number of rotatable bonds is 6. The Balaban J connectivity index is 2.19. The molecular formula is C10H22N2O2S. The van der Waals surface area contributed by atoms with Gasteiger partial charge in [0.2, 0.25) is 0 Å². The minimum atomic E-state index is -2.78. The highest BCUT2D eigenvalue weighted by molar-refractivity contribution is 7.91. The van der Waals surface area contributed by atoms with Crippen LogP contribution in [-0.2, 0) is 9.84 Å². The topological polar surface area (TPSA) is 49.4 Å². The molecule has 4 nitrogen and oxygen atoms in total. The van der Waals surface area contributed by atoms with E-state index in [9.17, 15) is 8.42 Å². The Hall–Kier alpha value is -0.130. The zero-order valence-corrected chi connectivity index (χ0v) is 10.5. The second-order valence-electron chi connectivity index (χ2n) is 4.22. The van der Waals surface area contributed by atoms with Crippen molar-refractivity contribution in [3.63, 3.8) is 0 Å². The fraction of sp³-hybridized carbons (Fsp3) is 1.00. The average molecular weight is 234 g/mol. The van der Waals surface area contributed by atoms with E-state index in [1.165, 1.54) is 6.42 Å². The highest BCUT2D eigenvalue weighted by Crippen LogP contribution is 2.06. The normalized spacial score (nSPS) is 22.5. The minimum Gasteiger partial charge on any atom is -0.315 e. The maximum Gasteiger partial charge on any atom is 0.150 e. The quantitative estimate of drug-likeness (QED) is 0.708. The molecule has 1 unspecified atom stereocenters. The van der Waals surface area contributed by atoms with Crippen LogP contribution in [-0.4, -0.2) is 57.5 Å². The van der Waals surface area contributed by atoms with Crippen molar-refractivity contribution in [2.24, 2.45) is 0 Å². The Kier molecular flexibility index (Phi) is 5.02. The summed E-state index contributed by atoms with van der Waals surface area (Å²) in [5.74, 6) is 0.593. The number of hydrogen-bond donors (Lipinski definition) is 1. The van der Waals surface area contributed by atoms with Gasteiger partial charge in [0, 0.05) is 18.3 Å². The predicted molar refractivity (Wildman–Crippen MR) is 62.8 cm³/mol. The summed E-state index contributed by atoms with van der Waals surface area (Å²) in [7, 11) is -0.701. The van der Waals surface area contributed by atoms with E-state index >= 15 is 0 Å². The van der Waals surface area contributed by atoms with Gasteiger partial charge in [0.1, 0.15) is 9.84 Å². The first-order chi connectivity index (χ1) is 7.05.